The summed E-state index contributed by atoms with van der Waals surface area (Å²) >= 11 is 1.80. The van der Waals surface area contributed by atoms with Crippen LogP contribution in [0.3, 0.4) is 0 Å². The second-order valence-corrected chi connectivity index (χ2v) is 10.6. The number of ether oxygens (including phenoxy) is 1. The fourth-order valence-electron chi connectivity index (χ4n) is 5.69. The highest BCUT2D eigenvalue weighted by Crippen LogP contribution is 2.40. The molecule has 1 amide bonds. The molecule has 3 aromatic rings. The van der Waals surface area contributed by atoms with Gasteiger partial charge in [0.25, 0.3) is 0 Å². The predicted octanol–water partition coefficient (Wildman–Crippen LogP) is 4.54. The Kier molecular flexibility index (Phi) is 5.89. The number of para-hydroxylation sites is 1. The van der Waals surface area contributed by atoms with E-state index in [4.69, 9.17) is 4.74 Å². The average molecular weight is 474 g/mol. The summed E-state index contributed by atoms with van der Waals surface area (Å²) in [7, 11) is 0. The van der Waals surface area contributed by atoms with E-state index in [1.165, 1.54) is 16.0 Å². The lowest BCUT2D eigenvalue weighted by Gasteiger charge is -2.45. The van der Waals surface area contributed by atoms with Gasteiger partial charge < -0.3 is 19.9 Å². The van der Waals surface area contributed by atoms with Gasteiger partial charge in [0.15, 0.2) is 0 Å². The number of thiophene rings is 1. The number of benzene rings is 2. The number of nitrogens with zero attached hydrogens (tertiary/aromatic N) is 2. The number of anilines is 1. The SMILES string of the molecule is O=C1NC(CC2CO2)N(c2ccccc2)C12CCN(CCc1ccccc1-c1cccs1)CC2. The van der Waals surface area contributed by atoms with Crippen LogP contribution in [0.15, 0.2) is 72.1 Å². The third-order valence-corrected chi connectivity index (χ3v) is 8.50. The third kappa shape index (κ3) is 4.15. The molecule has 4 heterocycles. The zero-order chi connectivity index (χ0) is 23.0. The fraction of sp³-hybridized carbons (Fsp3) is 0.393. The molecule has 0 bridgehead atoms. The molecule has 34 heavy (non-hydrogen) atoms. The Bertz CT molecular complexity index is 1120. The second-order valence-electron chi connectivity index (χ2n) is 9.64. The minimum absolute atomic E-state index is 0.00613. The summed E-state index contributed by atoms with van der Waals surface area (Å²) in [5.74, 6) is 0.185. The van der Waals surface area contributed by atoms with Crippen molar-refractivity contribution in [1.82, 2.24) is 10.2 Å². The maximum absolute atomic E-state index is 13.4. The quantitative estimate of drug-likeness (QED) is 0.512. The third-order valence-electron chi connectivity index (χ3n) is 7.60. The van der Waals surface area contributed by atoms with Gasteiger partial charge in [-0.15, -0.1) is 11.3 Å². The number of hydrogen-bond acceptors (Lipinski definition) is 5. The molecule has 0 radical (unpaired) electrons. The predicted molar refractivity (Wildman–Crippen MR) is 137 cm³/mol. The number of carbonyl (C=O) groups excluding carboxylic acids is 1. The number of epoxide rings is 1. The number of rotatable bonds is 7. The lowest BCUT2D eigenvalue weighted by Crippen LogP contribution is -2.57. The highest BCUT2D eigenvalue weighted by molar-refractivity contribution is 7.13. The lowest BCUT2D eigenvalue weighted by atomic mass is 9.85. The van der Waals surface area contributed by atoms with Crippen LogP contribution in [0, 0.1) is 0 Å². The standard InChI is InChI=1S/C28H31N3O2S/c32-27-28(31(22-8-2-1-3-9-22)26(29-27)19-23-20-33-23)13-16-30(17-14-28)15-12-21-7-4-5-10-24(21)25-11-6-18-34-25/h1-11,18,23,26H,12-17,19-20H2,(H,29,32). The Labute approximate surface area is 205 Å². The van der Waals surface area contributed by atoms with E-state index in [1.54, 1.807) is 11.3 Å². The summed E-state index contributed by atoms with van der Waals surface area (Å²) in [6, 6.07) is 23.5. The Hall–Kier alpha value is -2.67. The monoisotopic (exact) mass is 473 g/mol. The minimum Gasteiger partial charge on any atom is -0.373 e. The van der Waals surface area contributed by atoms with Gasteiger partial charge in [-0.1, -0.05) is 48.5 Å². The van der Waals surface area contributed by atoms with Crippen LogP contribution >= 0.6 is 11.3 Å². The molecule has 0 saturated carbocycles. The summed E-state index contributed by atoms with van der Waals surface area (Å²) in [5, 5.41) is 5.46. The molecule has 6 rings (SSSR count). The summed E-state index contributed by atoms with van der Waals surface area (Å²) in [6.45, 7) is 3.70. The first-order chi connectivity index (χ1) is 16.7. The zero-order valence-corrected chi connectivity index (χ0v) is 20.2. The fourth-order valence-corrected chi connectivity index (χ4v) is 6.48. The van der Waals surface area contributed by atoms with Crippen LogP contribution in [0.2, 0.25) is 0 Å². The Balaban J connectivity index is 1.16. The van der Waals surface area contributed by atoms with Gasteiger partial charge in [-0.3, -0.25) is 4.79 Å². The lowest BCUT2D eigenvalue weighted by molar-refractivity contribution is -0.125. The minimum atomic E-state index is -0.466. The molecular weight excluding hydrogens is 442 g/mol. The van der Waals surface area contributed by atoms with Gasteiger partial charge in [-0.2, -0.15) is 0 Å². The summed E-state index contributed by atoms with van der Waals surface area (Å²) in [4.78, 5) is 19.6. The normalized spacial score (nSPS) is 23.9. The van der Waals surface area contributed by atoms with Gasteiger partial charge in [0.1, 0.15) is 11.7 Å². The van der Waals surface area contributed by atoms with E-state index in [9.17, 15) is 4.79 Å². The van der Waals surface area contributed by atoms with Crippen LogP contribution in [0.1, 0.15) is 24.8 Å². The average Bonchev–Trinajstić information content (AvgIpc) is 3.44. The van der Waals surface area contributed by atoms with Crippen LogP contribution < -0.4 is 10.2 Å². The molecular formula is C28H31N3O2S. The van der Waals surface area contributed by atoms with Gasteiger partial charge in [0.05, 0.1) is 12.7 Å². The molecule has 1 N–H and O–H groups in total. The highest BCUT2D eigenvalue weighted by Gasteiger charge is 2.55. The summed E-state index contributed by atoms with van der Waals surface area (Å²) < 4.78 is 5.51. The van der Waals surface area contributed by atoms with Crippen molar-refractivity contribution in [2.45, 2.75) is 43.5 Å². The van der Waals surface area contributed by atoms with E-state index in [-0.39, 0.29) is 18.2 Å². The Morgan fingerprint density at radius 3 is 2.50 bits per heavy atom. The van der Waals surface area contributed by atoms with E-state index in [1.807, 2.05) is 6.07 Å². The van der Waals surface area contributed by atoms with Crippen molar-refractivity contribution in [2.75, 3.05) is 31.1 Å². The molecule has 3 saturated heterocycles. The van der Waals surface area contributed by atoms with Gasteiger partial charge in [-0.25, -0.2) is 0 Å². The van der Waals surface area contributed by atoms with Gasteiger partial charge in [0, 0.05) is 36.6 Å². The number of piperidine rings is 1. The molecule has 3 aliphatic heterocycles. The number of nitrogens with one attached hydrogen (secondary N) is 1. The first-order valence-corrected chi connectivity index (χ1v) is 13.2. The molecule has 1 spiro atoms. The van der Waals surface area contributed by atoms with Crippen molar-refractivity contribution in [3.8, 4) is 10.4 Å². The summed E-state index contributed by atoms with van der Waals surface area (Å²) in [5.41, 5.74) is 3.41. The topological polar surface area (TPSA) is 48.1 Å². The molecule has 0 aliphatic carbocycles. The Morgan fingerprint density at radius 1 is 1.00 bits per heavy atom. The molecule has 3 fully saturated rings. The van der Waals surface area contributed by atoms with Crippen LogP contribution in [-0.2, 0) is 16.0 Å². The molecule has 5 nitrogen and oxygen atoms in total. The highest BCUT2D eigenvalue weighted by atomic mass is 32.1. The first-order valence-electron chi connectivity index (χ1n) is 12.3. The van der Waals surface area contributed by atoms with E-state index in [0.29, 0.717) is 0 Å². The van der Waals surface area contributed by atoms with E-state index >= 15 is 0 Å². The van der Waals surface area contributed by atoms with Crippen LogP contribution in [0.25, 0.3) is 10.4 Å². The van der Waals surface area contributed by atoms with E-state index in [2.05, 4.69) is 81.2 Å². The van der Waals surface area contributed by atoms with Crippen LogP contribution in [-0.4, -0.2) is 54.9 Å². The van der Waals surface area contributed by atoms with Crippen molar-refractivity contribution < 1.29 is 9.53 Å². The van der Waals surface area contributed by atoms with Crippen molar-refractivity contribution in [2.24, 2.45) is 0 Å². The van der Waals surface area contributed by atoms with Gasteiger partial charge >= 0.3 is 0 Å². The van der Waals surface area contributed by atoms with Crippen molar-refractivity contribution in [3.63, 3.8) is 0 Å². The first kappa shape index (κ1) is 21.8. The largest absolute Gasteiger partial charge is 0.373 e. The molecule has 176 valence electrons. The number of hydrogen-bond donors (Lipinski definition) is 1. The number of likely N-dealkylation sites (tertiary alicyclic amines) is 1. The van der Waals surface area contributed by atoms with Crippen molar-refractivity contribution >= 4 is 22.9 Å². The maximum atomic E-state index is 13.4. The van der Waals surface area contributed by atoms with Gasteiger partial charge in [-0.05, 0) is 54.0 Å². The van der Waals surface area contributed by atoms with Crippen LogP contribution in [0.4, 0.5) is 5.69 Å². The number of carbonyl (C=O) groups is 1. The van der Waals surface area contributed by atoms with Crippen molar-refractivity contribution in [3.05, 3.63) is 77.7 Å². The zero-order valence-electron chi connectivity index (χ0n) is 19.4. The van der Waals surface area contributed by atoms with Crippen LogP contribution in [0.5, 0.6) is 0 Å². The Morgan fingerprint density at radius 2 is 1.76 bits per heavy atom. The van der Waals surface area contributed by atoms with Gasteiger partial charge in [0.2, 0.25) is 5.91 Å². The molecule has 2 unspecified atom stereocenters. The molecule has 2 aromatic carbocycles. The van der Waals surface area contributed by atoms with E-state index in [0.717, 1.165) is 57.6 Å². The molecule has 1 aromatic heterocycles. The second kappa shape index (κ2) is 9.17. The smallest absolute Gasteiger partial charge is 0.247 e. The molecule has 3 aliphatic rings. The van der Waals surface area contributed by atoms with E-state index < -0.39 is 5.54 Å². The molecule has 6 heteroatoms. The summed E-state index contributed by atoms with van der Waals surface area (Å²) in [6.07, 6.45) is 3.86. The molecule has 2 atom stereocenters. The maximum Gasteiger partial charge on any atom is 0.247 e. The van der Waals surface area contributed by atoms with Crippen molar-refractivity contribution in [1.29, 1.82) is 0 Å². The number of amides is 1.